The third-order valence-electron chi connectivity index (χ3n) is 8.31. The van der Waals surface area contributed by atoms with E-state index in [1.165, 1.54) is 18.9 Å². The zero-order chi connectivity index (χ0) is 35.1. The number of ether oxygens (including phenoxy) is 2. The molecule has 1 aliphatic heterocycles. The fourth-order valence-electron chi connectivity index (χ4n) is 5.95. The van der Waals surface area contributed by atoms with Crippen molar-refractivity contribution in [1.82, 2.24) is 4.90 Å². The van der Waals surface area contributed by atoms with Crippen LogP contribution in [-0.2, 0) is 33.2 Å². The Hall–Kier alpha value is -4.18. The van der Waals surface area contributed by atoms with Crippen molar-refractivity contribution in [3.8, 4) is 5.75 Å². The maximum absolute atomic E-state index is 13.5. The van der Waals surface area contributed by atoms with Gasteiger partial charge in [-0.25, -0.2) is 4.79 Å². The van der Waals surface area contributed by atoms with Crippen molar-refractivity contribution in [2.24, 2.45) is 11.8 Å². The van der Waals surface area contributed by atoms with E-state index in [1.807, 2.05) is 0 Å². The smallest absolute Gasteiger partial charge is 0.481 e. The van der Waals surface area contributed by atoms with Gasteiger partial charge in [-0.2, -0.15) is 26.3 Å². The molecule has 4 rings (SSSR count). The lowest BCUT2D eigenvalue weighted by molar-refractivity contribution is -0.274. The Kier molecular flexibility index (Phi) is 9.97. The van der Waals surface area contributed by atoms with E-state index in [2.05, 4.69) is 4.74 Å². The van der Waals surface area contributed by atoms with Crippen LogP contribution in [0.4, 0.5) is 50.0 Å². The summed E-state index contributed by atoms with van der Waals surface area (Å²) in [5, 5.41) is 9.04. The van der Waals surface area contributed by atoms with Gasteiger partial charge in [-0.05, 0) is 86.1 Å². The molecule has 1 saturated carbocycles. The van der Waals surface area contributed by atoms with Crippen molar-refractivity contribution in [2.45, 2.75) is 76.4 Å². The summed E-state index contributed by atoms with van der Waals surface area (Å²) in [4.78, 5) is 39.5. The number of alkyl halides is 9. The van der Waals surface area contributed by atoms with Crippen molar-refractivity contribution in [2.75, 3.05) is 11.9 Å². The largest absolute Gasteiger partial charge is 0.573 e. The molecule has 2 aromatic carbocycles. The second-order valence-corrected chi connectivity index (χ2v) is 11.6. The number of anilines is 1. The number of cyclic esters (lactones) is 1. The standard InChI is InChI=1S/C30H29F9N2O6/c1-15-25(18-10-20(28(31,32)33)13-21(11-18)29(34,35)36)46-27(45)41(15)14-19-12-22(47-30(37,38)39)7-8-23(19)40(2)26(44)17-5-3-16(4-6-17)9-24(42)43/h7-8,10-13,15-17,25H,3-6,9,14H2,1-2H3,(H,42,43)/t15-,16-,17-,25-/m0/s1. The Labute approximate surface area is 262 Å². The Balaban J connectivity index is 1.64. The lowest BCUT2D eigenvalue weighted by Crippen LogP contribution is -2.37. The molecular weight excluding hydrogens is 655 g/mol. The number of carboxylic acid groups (broad SMARTS) is 1. The van der Waals surface area contributed by atoms with Gasteiger partial charge in [-0.1, -0.05) is 0 Å². The van der Waals surface area contributed by atoms with Crippen LogP contribution in [0.3, 0.4) is 0 Å². The molecule has 0 aromatic heterocycles. The van der Waals surface area contributed by atoms with Gasteiger partial charge in [0.1, 0.15) is 11.9 Å². The molecule has 2 aliphatic rings. The number of halogens is 9. The molecule has 1 aliphatic carbocycles. The Morgan fingerprint density at radius 3 is 2.02 bits per heavy atom. The van der Waals surface area contributed by atoms with Gasteiger partial charge >= 0.3 is 30.8 Å². The third kappa shape index (κ3) is 8.60. The number of nitrogens with zero attached hydrogens (tertiary/aromatic N) is 2. The average Bonchev–Trinajstić information content (AvgIpc) is 3.23. The highest BCUT2D eigenvalue weighted by Crippen LogP contribution is 2.42. The highest BCUT2D eigenvalue weighted by molar-refractivity contribution is 5.95. The van der Waals surface area contributed by atoms with Crippen LogP contribution in [0.5, 0.6) is 5.75 Å². The number of rotatable bonds is 8. The maximum Gasteiger partial charge on any atom is 0.573 e. The average molecular weight is 685 g/mol. The molecule has 1 N–H and O–H groups in total. The summed E-state index contributed by atoms with van der Waals surface area (Å²) in [5.41, 5.74) is -3.86. The van der Waals surface area contributed by atoms with E-state index >= 15 is 0 Å². The van der Waals surface area contributed by atoms with Crippen LogP contribution in [0.2, 0.25) is 0 Å². The molecule has 17 heteroatoms. The van der Waals surface area contributed by atoms with Gasteiger partial charge in [-0.3, -0.25) is 14.5 Å². The lowest BCUT2D eigenvalue weighted by Gasteiger charge is -2.31. The summed E-state index contributed by atoms with van der Waals surface area (Å²) >= 11 is 0. The summed E-state index contributed by atoms with van der Waals surface area (Å²) in [6.45, 7) is 0.720. The number of hydrogen-bond donors (Lipinski definition) is 1. The Bertz CT molecular complexity index is 1470. The first kappa shape index (κ1) is 35.7. The fourth-order valence-corrected chi connectivity index (χ4v) is 5.95. The SMILES string of the molecule is C[C@H]1[C@@H](c2cc(C(F)(F)F)cc(C(F)(F)F)c2)OC(=O)N1Cc1cc(OC(F)(F)F)ccc1N(C)C(=O)[C@H]1CC[C@H](CC(=O)O)CC1. The van der Waals surface area contributed by atoms with E-state index in [1.54, 1.807) is 0 Å². The van der Waals surface area contributed by atoms with Crippen molar-refractivity contribution in [3.05, 3.63) is 58.7 Å². The van der Waals surface area contributed by atoms with Crippen molar-refractivity contribution in [3.63, 3.8) is 0 Å². The van der Waals surface area contributed by atoms with Crippen LogP contribution in [0.1, 0.15) is 67.4 Å². The van der Waals surface area contributed by atoms with Crippen LogP contribution >= 0.6 is 0 Å². The van der Waals surface area contributed by atoms with Crippen LogP contribution in [0.25, 0.3) is 0 Å². The lowest BCUT2D eigenvalue weighted by atomic mass is 9.80. The molecule has 8 nitrogen and oxygen atoms in total. The van der Waals surface area contributed by atoms with E-state index in [0.29, 0.717) is 37.8 Å². The first-order valence-corrected chi connectivity index (χ1v) is 14.3. The number of hydrogen-bond acceptors (Lipinski definition) is 5. The first-order valence-electron chi connectivity index (χ1n) is 14.3. The minimum absolute atomic E-state index is 0.0509. The van der Waals surface area contributed by atoms with Crippen LogP contribution in [0, 0.1) is 11.8 Å². The van der Waals surface area contributed by atoms with Crippen molar-refractivity contribution >= 4 is 23.7 Å². The molecule has 2 atom stereocenters. The molecule has 1 heterocycles. The van der Waals surface area contributed by atoms with Crippen LogP contribution < -0.4 is 9.64 Å². The summed E-state index contributed by atoms with van der Waals surface area (Å²) < 4.78 is 129. The third-order valence-corrected chi connectivity index (χ3v) is 8.31. The highest BCUT2D eigenvalue weighted by atomic mass is 19.4. The molecule has 1 saturated heterocycles. The molecule has 0 unspecified atom stereocenters. The molecule has 0 bridgehead atoms. The van der Waals surface area contributed by atoms with Gasteiger partial charge in [0.15, 0.2) is 0 Å². The minimum atomic E-state index is -5.16. The topological polar surface area (TPSA) is 96.4 Å². The molecule has 258 valence electrons. The second-order valence-electron chi connectivity index (χ2n) is 11.6. The molecule has 0 spiro atoms. The molecule has 2 fully saturated rings. The van der Waals surface area contributed by atoms with E-state index in [-0.39, 0.29) is 29.7 Å². The molecule has 2 aromatic rings. The van der Waals surface area contributed by atoms with Gasteiger partial charge in [0.05, 0.1) is 23.7 Å². The van der Waals surface area contributed by atoms with Gasteiger partial charge in [0.2, 0.25) is 5.91 Å². The van der Waals surface area contributed by atoms with E-state index in [0.717, 1.165) is 23.1 Å². The zero-order valence-corrected chi connectivity index (χ0v) is 24.8. The van der Waals surface area contributed by atoms with Crippen molar-refractivity contribution < 1.29 is 68.5 Å². The van der Waals surface area contributed by atoms with Gasteiger partial charge in [0.25, 0.3) is 0 Å². The van der Waals surface area contributed by atoms with Gasteiger partial charge in [0, 0.05) is 25.1 Å². The minimum Gasteiger partial charge on any atom is -0.481 e. The van der Waals surface area contributed by atoms with Crippen molar-refractivity contribution in [1.29, 1.82) is 0 Å². The predicted molar refractivity (Wildman–Crippen MR) is 145 cm³/mol. The van der Waals surface area contributed by atoms with E-state index in [4.69, 9.17) is 9.84 Å². The maximum atomic E-state index is 13.5. The number of carboxylic acids is 1. The van der Waals surface area contributed by atoms with Gasteiger partial charge in [-0.15, -0.1) is 13.2 Å². The van der Waals surface area contributed by atoms with Crippen LogP contribution in [0.15, 0.2) is 36.4 Å². The molecular formula is C30H29F9N2O6. The quantitative estimate of drug-likeness (QED) is 0.284. The normalized spacial score (nSPS) is 22.2. The number of benzene rings is 2. The van der Waals surface area contributed by atoms with E-state index in [9.17, 15) is 53.9 Å². The Morgan fingerprint density at radius 1 is 0.936 bits per heavy atom. The summed E-state index contributed by atoms with van der Waals surface area (Å²) in [7, 11) is 1.35. The molecule has 2 amide bonds. The summed E-state index contributed by atoms with van der Waals surface area (Å²) in [6.07, 6.45) is -16.6. The zero-order valence-electron chi connectivity index (χ0n) is 24.8. The number of carbonyl (C=O) groups excluding carboxylic acids is 2. The predicted octanol–water partition coefficient (Wildman–Crippen LogP) is 7.95. The Morgan fingerprint density at radius 2 is 1.51 bits per heavy atom. The molecule has 0 radical (unpaired) electrons. The fraction of sp³-hybridized carbons (Fsp3) is 0.500. The summed E-state index contributed by atoms with van der Waals surface area (Å²) in [5.74, 6) is -2.75. The number of carbonyl (C=O) groups is 3. The summed E-state index contributed by atoms with van der Waals surface area (Å²) in [6, 6.07) is 2.56. The monoisotopic (exact) mass is 684 g/mol. The molecule has 47 heavy (non-hydrogen) atoms. The first-order chi connectivity index (χ1) is 21.6. The van der Waals surface area contributed by atoms with Gasteiger partial charge < -0.3 is 19.5 Å². The number of amides is 2. The second kappa shape index (κ2) is 13.1. The number of aliphatic carboxylic acids is 1. The van der Waals surface area contributed by atoms with E-state index < -0.39 is 83.7 Å². The highest BCUT2D eigenvalue weighted by Gasteiger charge is 2.44. The van der Waals surface area contributed by atoms with Crippen LogP contribution in [-0.4, -0.2) is 47.4 Å².